The Balaban J connectivity index is 1.14. The summed E-state index contributed by atoms with van der Waals surface area (Å²) in [6.07, 6.45) is 0. The Morgan fingerprint density at radius 2 is 0.794 bits per heavy atom. The third kappa shape index (κ3) is 6.67. The van der Waals surface area contributed by atoms with Crippen LogP contribution in [0, 0.1) is 0 Å². The van der Waals surface area contributed by atoms with E-state index in [0.717, 1.165) is 34.1 Å². The molecule has 0 bridgehead atoms. The molecule has 63 heavy (non-hydrogen) atoms. The average molecular weight is 821 g/mol. The molecule has 3 heteroatoms. The molecule has 0 aliphatic carbocycles. The molecule has 0 radical (unpaired) electrons. The molecule has 1 aromatic heterocycles. The van der Waals surface area contributed by atoms with Crippen molar-refractivity contribution >= 4 is 98.0 Å². The van der Waals surface area contributed by atoms with Gasteiger partial charge in [0, 0.05) is 48.6 Å². The molecule has 0 atom stereocenters. The second-order valence-corrected chi connectivity index (χ2v) is 17.2. The maximum atomic E-state index is 2.49. The van der Waals surface area contributed by atoms with Crippen LogP contribution in [0.4, 0.5) is 34.1 Å². The fraction of sp³-hybridized carbons (Fsp3) is 0. The minimum absolute atomic E-state index is 1.09. The molecular weight excluding hydrogens is 781 g/mol. The van der Waals surface area contributed by atoms with Crippen molar-refractivity contribution < 1.29 is 0 Å². The average Bonchev–Trinajstić information content (AvgIpc) is 3.74. The molecule has 0 amide bonds. The van der Waals surface area contributed by atoms with Gasteiger partial charge >= 0.3 is 0 Å². The molecule has 12 aromatic rings. The summed E-state index contributed by atoms with van der Waals surface area (Å²) >= 11 is 1.89. The van der Waals surface area contributed by atoms with Crippen molar-refractivity contribution in [3.8, 4) is 22.3 Å². The lowest BCUT2D eigenvalue weighted by molar-refractivity contribution is 1.27. The Bertz CT molecular complexity index is 3630. The topological polar surface area (TPSA) is 6.48 Å². The second-order valence-electron chi connectivity index (χ2n) is 16.2. The lowest BCUT2D eigenvalue weighted by atomic mass is 10.00. The Morgan fingerprint density at radius 3 is 1.56 bits per heavy atom. The van der Waals surface area contributed by atoms with Crippen LogP contribution in [0.25, 0.3) is 74.7 Å². The van der Waals surface area contributed by atoms with Gasteiger partial charge in [-0.2, -0.15) is 0 Å². The van der Waals surface area contributed by atoms with E-state index in [1.807, 2.05) is 11.3 Å². The number of para-hydroxylation sites is 1. The second kappa shape index (κ2) is 15.5. The van der Waals surface area contributed by atoms with Crippen LogP contribution in [0.3, 0.4) is 0 Å². The molecule has 0 spiro atoms. The van der Waals surface area contributed by atoms with Crippen LogP contribution in [-0.4, -0.2) is 0 Å². The van der Waals surface area contributed by atoms with Crippen LogP contribution >= 0.6 is 11.3 Å². The van der Waals surface area contributed by atoms with Gasteiger partial charge in [-0.1, -0.05) is 176 Å². The molecule has 0 N–H and O–H groups in total. The van der Waals surface area contributed by atoms with Gasteiger partial charge < -0.3 is 9.80 Å². The first kappa shape index (κ1) is 36.8. The number of fused-ring (bicyclic) bond motifs is 7. The predicted octanol–water partition coefficient (Wildman–Crippen LogP) is 17.8. The normalized spacial score (nSPS) is 11.5. The SMILES string of the molecule is c1ccc(-c2cccc(N(c3ccc4ccccc4c3)c3cc(N(c4ccccc4)c4ccc5cc(-c6ccccc6)ccc5c4)cc4sc5c6ccccc6ccc5c34)c2)cc1. The van der Waals surface area contributed by atoms with Crippen molar-refractivity contribution in [2.75, 3.05) is 9.80 Å². The first-order chi connectivity index (χ1) is 31.2. The predicted molar refractivity (Wildman–Crippen MR) is 272 cm³/mol. The van der Waals surface area contributed by atoms with E-state index >= 15 is 0 Å². The summed E-state index contributed by atoms with van der Waals surface area (Å²) in [5.74, 6) is 0. The molecule has 0 unspecified atom stereocenters. The molecule has 296 valence electrons. The monoisotopic (exact) mass is 820 g/mol. The van der Waals surface area contributed by atoms with Gasteiger partial charge in [-0.05, 0) is 121 Å². The number of hydrogen-bond donors (Lipinski definition) is 0. The molecular formula is C60H40N2S. The highest BCUT2D eigenvalue weighted by atomic mass is 32.1. The quantitative estimate of drug-likeness (QED) is 0.151. The lowest BCUT2D eigenvalue weighted by Crippen LogP contribution is -2.13. The van der Waals surface area contributed by atoms with E-state index in [4.69, 9.17) is 0 Å². The van der Waals surface area contributed by atoms with E-state index in [1.54, 1.807) is 0 Å². The molecule has 11 aromatic carbocycles. The van der Waals surface area contributed by atoms with Gasteiger partial charge in [0.2, 0.25) is 0 Å². The number of hydrogen-bond acceptors (Lipinski definition) is 3. The van der Waals surface area contributed by atoms with Gasteiger partial charge in [-0.15, -0.1) is 11.3 Å². The van der Waals surface area contributed by atoms with Gasteiger partial charge in [-0.25, -0.2) is 0 Å². The highest BCUT2D eigenvalue weighted by molar-refractivity contribution is 7.26. The first-order valence-corrected chi connectivity index (χ1v) is 22.3. The minimum atomic E-state index is 1.09. The van der Waals surface area contributed by atoms with Gasteiger partial charge in [0.05, 0.1) is 5.69 Å². The van der Waals surface area contributed by atoms with Crippen molar-refractivity contribution in [1.82, 2.24) is 0 Å². The zero-order valence-corrected chi connectivity index (χ0v) is 35.2. The summed E-state index contributed by atoms with van der Waals surface area (Å²) in [6.45, 7) is 0. The highest BCUT2D eigenvalue weighted by Gasteiger charge is 2.24. The summed E-state index contributed by atoms with van der Waals surface area (Å²) in [4.78, 5) is 4.91. The molecule has 0 saturated carbocycles. The van der Waals surface area contributed by atoms with Gasteiger partial charge in [0.15, 0.2) is 0 Å². The van der Waals surface area contributed by atoms with Gasteiger partial charge in [-0.3, -0.25) is 0 Å². The van der Waals surface area contributed by atoms with Crippen LogP contribution in [0.5, 0.6) is 0 Å². The molecule has 2 nitrogen and oxygen atoms in total. The smallest absolute Gasteiger partial charge is 0.0575 e. The standard InChI is InChI=1S/C60H40N2S/c1-4-15-41(16-5-1)46-22-14-25-51(36-46)62(53-32-29-43-19-10-11-21-45(43)37-53)57-39-54(40-58-59(57)56-34-31-44-20-12-13-26-55(44)60(56)63-58)61(50-23-8-3-9-24-50)52-33-30-48-35-47(27-28-49(48)38-52)42-17-6-2-7-18-42/h1-40H. The van der Waals surface area contributed by atoms with Crippen molar-refractivity contribution in [2.45, 2.75) is 0 Å². The molecule has 0 aliphatic rings. The highest BCUT2D eigenvalue weighted by Crippen LogP contribution is 2.51. The largest absolute Gasteiger partial charge is 0.310 e. The van der Waals surface area contributed by atoms with Crippen molar-refractivity contribution in [1.29, 1.82) is 0 Å². The Kier molecular flexibility index (Phi) is 9.06. The minimum Gasteiger partial charge on any atom is -0.310 e. The third-order valence-corrected chi connectivity index (χ3v) is 13.5. The summed E-state index contributed by atoms with van der Waals surface area (Å²) in [7, 11) is 0. The van der Waals surface area contributed by atoms with Crippen molar-refractivity contribution in [3.05, 3.63) is 243 Å². The van der Waals surface area contributed by atoms with Crippen molar-refractivity contribution in [2.24, 2.45) is 0 Å². The molecule has 0 saturated heterocycles. The number of thiophene rings is 1. The number of benzene rings is 11. The Labute approximate surface area is 370 Å². The van der Waals surface area contributed by atoms with Gasteiger partial charge in [0.25, 0.3) is 0 Å². The number of rotatable bonds is 8. The first-order valence-electron chi connectivity index (χ1n) is 21.5. The summed E-state index contributed by atoms with van der Waals surface area (Å²) in [6, 6.07) is 88.6. The van der Waals surface area contributed by atoms with E-state index in [2.05, 4.69) is 252 Å². The number of nitrogens with zero attached hydrogens (tertiary/aromatic N) is 2. The maximum Gasteiger partial charge on any atom is 0.0575 e. The van der Waals surface area contributed by atoms with Crippen LogP contribution in [-0.2, 0) is 0 Å². The fourth-order valence-corrected chi connectivity index (χ4v) is 10.6. The fourth-order valence-electron chi connectivity index (χ4n) is 9.31. The maximum absolute atomic E-state index is 2.49. The summed E-state index contributed by atoms with van der Waals surface area (Å²) in [5.41, 5.74) is 11.4. The molecule has 0 fully saturated rings. The van der Waals surface area contributed by atoms with Crippen molar-refractivity contribution in [3.63, 3.8) is 0 Å². The summed E-state index contributed by atoms with van der Waals surface area (Å²) in [5, 5.41) is 9.83. The molecule has 1 heterocycles. The van der Waals surface area contributed by atoms with E-state index < -0.39 is 0 Å². The zero-order valence-electron chi connectivity index (χ0n) is 34.4. The van der Waals surface area contributed by atoms with E-state index in [0.29, 0.717) is 0 Å². The zero-order chi connectivity index (χ0) is 41.7. The van der Waals surface area contributed by atoms with Crippen LogP contribution in [0.2, 0.25) is 0 Å². The van der Waals surface area contributed by atoms with Crippen LogP contribution in [0.15, 0.2) is 243 Å². The van der Waals surface area contributed by atoms with Crippen LogP contribution < -0.4 is 9.80 Å². The molecule has 12 rings (SSSR count). The van der Waals surface area contributed by atoms with E-state index in [-0.39, 0.29) is 0 Å². The molecule has 0 aliphatic heterocycles. The van der Waals surface area contributed by atoms with Gasteiger partial charge in [0.1, 0.15) is 0 Å². The summed E-state index contributed by atoms with van der Waals surface area (Å²) < 4.78 is 2.53. The Hall–Kier alpha value is -7.98. The Morgan fingerprint density at radius 1 is 0.270 bits per heavy atom. The third-order valence-electron chi connectivity index (χ3n) is 12.3. The van der Waals surface area contributed by atoms with Crippen LogP contribution in [0.1, 0.15) is 0 Å². The van der Waals surface area contributed by atoms with E-state index in [1.165, 1.54) is 74.7 Å². The lowest BCUT2D eigenvalue weighted by Gasteiger charge is -2.31. The number of anilines is 6. The van der Waals surface area contributed by atoms with E-state index in [9.17, 15) is 0 Å².